The van der Waals surface area contributed by atoms with E-state index >= 15 is 0 Å². The van der Waals surface area contributed by atoms with Gasteiger partial charge in [0.1, 0.15) is 0 Å². The number of hydrogen-bond acceptors (Lipinski definition) is 1. The van der Waals surface area contributed by atoms with E-state index in [1.165, 1.54) is 0 Å². The van der Waals surface area contributed by atoms with Crippen molar-refractivity contribution in [1.29, 1.82) is 0 Å². The van der Waals surface area contributed by atoms with Crippen molar-refractivity contribution in [1.82, 2.24) is 0 Å². The van der Waals surface area contributed by atoms with Crippen LogP contribution in [0.2, 0.25) is 0 Å². The van der Waals surface area contributed by atoms with Gasteiger partial charge in [-0.15, -0.1) is 0 Å². The molecule has 0 heterocycles. The fourth-order valence-electron chi connectivity index (χ4n) is 0. The second-order valence-corrected chi connectivity index (χ2v) is 0.245. The quantitative estimate of drug-likeness (QED) is 0.368. The first kappa shape index (κ1) is 8.82. The summed E-state index contributed by atoms with van der Waals surface area (Å²) in [5.74, 6) is 0. The second-order valence-electron chi connectivity index (χ2n) is 0.0816. The maximum atomic E-state index is 8.46. The van der Waals surface area contributed by atoms with E-state index in [9.17, 15) is 0 Å². The summed E-state index contributed by atoms with van der Waals surface area (Å²) in [6.07, 6.45) is 0. The van der Waals surface area contributed by atoms with E-state index in [1.54, 1.807) is 0 Å². The van der Waals surface area contributed by atoms with Crippen molar-refractivity contribution in [3.63, 3.8) is 0 Å². The molecular weight excluding hydrogens is 122 g/mol. The fourth-order valence-corrected chi connectivity index (χ4v) is 0. The molecule has 0 aromatic rings. The predicted molar refractivity (Wildman–Crippen MR) is 9.83 cm³/mol. The first-order valence-electron chi connectivity index (χ1n) is 0.383. The summed E-state index contributed by atoms with van der Waals surface area (Å²) in [6, 6.07) is 0. The smallest absolute Gasteiger partial charge is 0.310 e. The predicted octanol–water partition coefficient (Wildman–Crippen LogP) is 0.183. The van der Waals surface area contributed by atoms with Crippen LogP contribution in [0.1, 0.15) is 0 Å². The van der Waals surface area contributed by atoms with Gasteiger partial charge < -0.3 is 4.89 Å². The maximum absolute atomic E-state index is 8.46. The first-order chi connectivity index (χ1) is 1.41. The zero-order valence-electron chi connectivity index (χ0n) is 1.62. The van der Waals surface area contributed by atoms with Crippen LogP contribution >= 0.6 is 8.69 Å². The summed E-state index contributed by atoms with van der Waals surface area (Å²) in [6.45, 7) is 0. The van der Waals surface area contributed by atoms with E-state index in [0.717, 1.165) is 0 Å². The van der Waals surface area contributed by atoms with Gasteiger partial charge in [0, 0.05) is 16.5 Å². The molecule has 1 N–H and O–H groups in total. The Morgan fingerprint density at radius 1 is 1.75 bits per heavy atom. The third-order valence-corrected chi connectivity index (χ3v) is 0. The van der Waals surface area contributed by atoms with Crippen LogP contribution in [0.5, 0.6) is 0 Å². The first-order valence-corrected chi connectivity index (χ1v) is 1.15. The molecule has 0 spiro atoms. The third-order valence-electron chi connectivity index (χ3n) is 0. The standard InChI is InChI=1S/Ni.HO2P/c;1-3-2/h;(H,1,2). The topological polar surface area (TPSA) is 37.3 Å². The molecule has 0 fully saturated rings. The molecule has 0 saturated carbocycles. The summed E-state index contributed by atoms with van der Waals surface area (Å²) >= 11 is 0. The molecule has 28 valence electrons. The molecule has 0 aromatic heterocycles. The summed E-state index contributed by atoms with van der Waals surface area (Å²) in [5, 5.41) is 0. The molecule has 0 bridgehead atoms. The SMILES string of the molecule is O=PO.[Ni]. The molecule has 2 nitrogen and oxygen atoms in total. The van der Waals surface area contributed by atoms with Gasteiger partial charge in [-0.25, -0.2) is 4.57 Å². The van der Waals surface area contributed by atoms with E-state index in [1.807, 2.05) is 0 Å². The van der Waals surface area contributed by atoms with Crippen molar-refractivity contribution >= 4 is 8.69 Å². The number of hydrogen-bond donors (Lipinski definition) is 1. The maximum Gasteiger partial charge on any atom is 0.324 e. The number of rotatable bonds is 0. The van der Waals surface area contributed by atoms with Gasteiger partial charge in [0.15, 0.2) is 0 Å². The van der Waals surface area contributed by atoms with E-state index in [2.05, 4.69) is 0 Å². The van der Waals surface area contributed by atoms with Gasteiger partial charge >= 0.3 is 8.69 Å². The van der Waals surface area contributed by atoms with Gasteiger partial charge in [0.05, 0.1) is 0 Å². The Hall–Kier alpha value is 0.554. The van der Waals surface area contributed by atoms with Crippen LogP contribution in [0.15, 0.2) is 0 Å². The van der Waals surface area contributed by atoms with Crippen LogP contribution in [0.3, 0.4) is 0 Å². The molecule has 0 rings (SSSR count). The van der Waals surface area contributed by atoms with Crippen molar-refractivity contribution < 1.29 is 25.9 Å². The molecule has 4 heavy (non-hydrogen) atoms. The minimum atomic E-state index is -0.833. The zero-order valence-corrected chi connectivity index (χ0v) is 3.50. The average molecular weight is 123 g/mol. The minimum Gasteiger partial charge on any atom is -0.310 e. The van der Waals surface area contributed by atoms with E-state index in [0.29, 0.717) is 0 Å². The summed E-state index contributed by atoms with van der Waals surface area (Å²) in [7, 11) is -0.833. The Labute approximate surface area is 35.4 Å². The van der Waals surface area contributed by atoms with Gasteiger partial charge in [-0.05, 0) is 0 Å². The van der Waals surface area contributed by atoms with Gasteiger partial charge in [-0.2, -0.15) is 0 Å². The van der Waals surface area contributed by atoms with Crippen LogP contribution in [0, 0.1) is 0 Å². The molecule has 0 atom stereocenters. The van der Waals surface area contributed by atoms with Crippen molar-refractivity contribution in [2.24, 2.45) is 0 Å². The fraction of sp³-hybridized carbons (Fsp3) is 0. The molecular formula is HNiO2P. The van der Waals surface area contributed by atoms with Crippen molar-refractivity contribution in [3.8, 4) is 0 Å². The van der Waals surface area contributed by atoms with Gasteiger partial charge in [-0.1, -0.05) is 0 Å². The Kier molecular flexibility index (Phi) is 21.2. The molecule has 0 unspecified atom stereocenters. The van der Waals surface area contributed by atoms with E-state index in [4.69, 9.17) is 9.46 Å². The van der Waals surface area contributed by atoms with Crippen molar-refractivity contribution in [2.75, 3.05) is 0 Å². The van der Waals surface area contributed by atoms with Crippen LogP contribution in [-0.2, 0) is 21.1 Å². The summed E-state index contributed by atoms with van der Waals surface area (Å²) < 4.78 is 8.46. The zero-order chi connectivity index (χ0) is 2.71. The molecule has 0 saturated heterocycles. The Morgan fingerprint density at radius 3 is 1.75 bits per heavy atom. The molecule has 0 aliphatic rings. The Balaban J connectivity index is 0. The van der Waals surface area contributed by atoms with E-state index < -0.39 is 8.69 Å². The third kappa shape index (κ3) is 20.1. The normalized spacial score (nSPS) is 5.25. The van der Waals surface area contributed by atoms with Crippen LogP contribution < -0.4 is 0 Å². The summed E-state index contributed by atoms with van der Waals surface area (Å²) in [4.78, 5) is 6.99. The monoisotopic (exact) mass is 122 g/mol. The largest absolute Gasteiger partial charge is 0.324 e. The minimum absolute atomic E-state index is 0. The van der Waals surface area contributed by atoms with Gasteiger partial charge in [0.2, 0.25) is 0 Å². The van der Waals surface area contributed by atoms with Crippen molar-refractivity contribution in [3.05, 3.63) is 0 Å². The van der Waals surface area contributed by atoms with Crippen LogP contribution in [0.4, 0.5) is 0 Å². The Morgan fingerprint density at radius 2 is 1.75 bits per heavy atom. The molecule has 0 aliphatic carbocycles. The molecule has 0 aliphatic heterocycles. The van der Waals surface area contributed by atoms with E-state index in [-0.39, 0.29) is 16.5 Å². The van der Waals surface area contributed by atoms with Gasteiger partial charge in [0.25, 0.3) is 0 Å². The molecule has 0 amide bonds. The van der Waals surface area contributed by atoms with Crippen molar-refractivity contribution in [2.45, 2.75) is 0 Å². The Bertz CT molecular complexity index is 13.5. The second kappa shape index (κ2) is 9.60. The summed E-state index contributed by atoms with van der Waals surface area (Å²) in [5.41, 5.74) is 0. The molecule has 0 radical (unpaired) electrons. The molecule has 4 heteroatoms. The van der Waals surface area contributed by atoms with Crippen LogP contribution in [-0.4, -0.2) is 4.89 Å². The van der Waals surface area contributed by atoms with Crippen LogP contribution in [0.25, 0.3) is 0 Å². The molecule has 0 aromatic carbocycles. The average Bonchev–Trinajstić information content (AvgIpc) is 0.918. The van der Waals surface area contributed by atoms with Gasteiger partial charge in [-0.3, -0.25) is 0 Å².